The Balaban J connectivity index is 1.58. The lowest BCUT2D eigenvalue weighted by Gasteiger charge is -2.12. The van der Waals surface area contributed by atoms with Crippen LogP contribution in [0.15, 0.2) is 48.5 Å². The molecule has 0 aliphatic rings. The van der Waals surface area contributed by atoms with Crippen LogP contribution in [-0.2, 0) is 0 Å². The number of benzene rings is 2. The summed E-state index contributed by atoms with van der Waals surface area (Å²) in [5, 5.41) is 11.7. The highest BCUT2D eigenvalue weighted by atomic mass is 19.1. The summed E-state index contributed by atoms with van der Waals surface area (Å²) in [6.45, 7) is 8.86. The van der Waals surface area contributed by atoms with Gasteiger partial charge in [-0.15, -0.1) is 0 Å². The van der Waals surface area contributed by atoms with Gasteiger partial charge in [-0.25, -0.2) is 19.0 Å². The largest absolute Gasteiger partial charge is 0.368 e. The summed E-state index contributed by atoms with van der Waals surface area (Å²) < 4.78 is 15.2. The number of nitrogens with one attached hydrogen (secondary N) is 2. The second kappa shape index (κ2) is 9.36. The summed E-state index contributed by atoms with van der Waals surface area (Å²) in [4.78, 5) is 21.8. The number of anilines is 1. The zero-order valence-corrected chi connectivity index (χ0v) is 19.2. The third kappa shape index (κ3) is 4.84. The molecule has 8 heteroatoms. The second-order valence-corrected chi connectivity index (χ2v) is 8.31. The van der Waals surface area contributed by atoms with Crippen LogP contribution in [0.1, 0.15) is 47.2 Å². The highest BCUT2D eigenvalue weighted by molar-refractivity contribution is 5.94. The number of halogens is 1. The van der Waals surface area contributed by atoms with Crippen LogP contribution in [0.5, 0.6) is 0 Å². The molecule has 7 nitrogen and oxygen atoms in total. The molecule has 4 rings (SSSR count). The Morgan fingerprint density at radius 1 is 1.06 bits per heavy atom. The maximum Gasteiger partial charge on any atom is 0.251 e. The maximum absolute atomic E-state index is 13.4. The molecule has 0 saturated carbocycles. The number of hydrogen-bond donors (Lipinski definition) is 2. The van der Waals surface area contributed by atoms with Crippen LogP contribution in [0.4, 0.5) is 10.2 Å². The van der Waals surface area contributed by atoms with E-state index in [2.05, 4.69) is 10.6 Å². The summed E-state index contributed by atoms with van der Waals surface area (Å²) in [6, 6.07) is 13.8. The van der Waals surface area contributed by atoms with Crippen molar-refractivity contribution in [2.24, 2.45) is 0 Å². The summed E-state index contributed by atoms with van der Waals surface area (Å²) in [5.41, 5.74) is 3.94. The molecule has 170 valence electrons. The van der Waals surface area contributed by atoms with Crippen LogP contribution in [0.2, 0.25) is 0 Å². The van der Waals surface area contributed by atoms with Crippen molar-refractivity contribution in [3.05, 3.63) is 77.0 Å². The summed E-state index contributed by atoms with van der Waals surface area (Å²) >= 11 is 0. The van der Waals surface area contributed by atoms with Crippen molar-refractivity contribution in [1.29, 1.82) is 0 Å². The van der Waals surface area contributed by atoms with E-state index in [1.807, 2.05) is 56.6 Å². The number of aromatic nitrogens is 4. The number of carbonyl (C=O) groups is 1. The predicted molar refractivity (Wildman–Crippen MR) is 127 cm³/mol. The van der Waals surface area contributed by atoms with Crippen LogP contribution in [0.3, 0.4) is 0 Å². The smallest absolute Gasteiger partial charge is 0.251 e. The molecule has 2 heterocycles. The number of amides is 1. The zero-order chi connectivity index (χ0) is 23.5. The molecule has 1 amide bonds. The number of fused-ring (bicyclic) bond motifs is 1. The number of nitrogens with zero attached hydrogens (tertiary/aromatic N) is 4. The van der Waals surface area contributed by atoms with E-state index >= 15 is 0 Å². The Hall–Kier alpha value is -3.81. The van der Waals surface area contributed by atoms with Crippen molar-refractivity contribution in [2.75, 3.05) is 18.4 Å². The fourth-order valence-corrected chi connectivity index (χ4v) is 3.54. The van der Waals surface area contributed by atoms with Crippen LogP contribution in [0.25, 0.3) is 16.7 Å². The monoisotopic (exact) mass is 446 g/mol. The molecule has 0 radical (unpaired) electrons. The van der Waals surface area contributed by atoms with Crippen molar-refractivity contribution in [1.82, 2.24) is 25.1 Å². The number of hydrogen-bond acceptors (Lipinski definition) is 5. The molecule has 0 saturated heterocycles. The average molecular weight is 447 g/mol. The van der Waals surface area contributed by atoms with Gasteiger partial charge in [0.25, 0.3) is 5.91 Å². The average Bonchev–Trinajstić information content (AvgIpc) is 3.13. The molecule has 0 fully saturated rings. The minimum Gasteiger partial charge on any atom is -0.368 e. The molecule has 2 N–H and O–H groups in total. The van der Waals surface area contributed by atoms with E-state index in [-0.39, 0.29) is 17.4 Å². The van der Waals surface area contributed by atoms with E-state index < -0.39 is 5.82 Å². The maximum atomic E-state index is 13.4. The number of aryl methyl sites for hydroxylation is 2. The summed E-state index contributed by atoms with van der Waals surface area (Å²) in [5.74, 6) is 0.757. The Morgan fingerprint density at radius 2 is 1.82 bits per heavy atom. The first-order chi connectivity index (χ1) is 15.8. The van der Waals surface area contributed by atoms with Crippen LogP contribution in [-0.4, -0.2) is 38.7 Å². The van der Waals surface area contributed by atoms with E-state index in [1.54, 1.807) is 6.07 Å². The highest BCUT2D eigenvalue weighted by Gasteiger charge is 2.18. The molecule has 4 aromatic rings. The third-order valence-electron chi connectivity index (χ3n) is 5.30. The molecule has 0 bridgehead atoms. The summed E-state index contributed by atoms with van der Waals surface area (Å²) in [7, 11) is 0. The first-order valence-corrected chi connectivity index (χ1v) is 11.0. The molecule has 0 atom stereocenters. The number of rotatable bonds is 7. The summed E-state index contributed by atoms with van der Waals surface area (Å²) in [6.07, 6.45) is 0. The molecular formula is C25H27FN6O. The van der Waals surface area contributed by atoms with E-state index in [0.717, 1.165) is 22.4 Å². The van der Waals surface area contributed by atoms with Crippen molar-refractivity contribution in [3.63, 3.8) is 0 Å². The van der Waals surface area contributed by atoms with Gasteiger partial charge in [-0.1, -0.05) is 37.6 Å². The lowest BCUT2D eigenvalue weighted by molar-refractivity contribution is 0.0954. The third-order valence-corrected chi connectivity index (χ3v) is 5.30. The molecular weight excluding hydrogens is 419 g/mol. The quantitative estimate of drug-likeness (QED) is 0.407. The Morgan fingerprint density at radius 3 is 2.52 bits per heavy atom. The molecule has 0 aliphatic carbocycles. The van der Waals surface area contributed by atoms with Gasteiger partial charge in [0.1, 0.15) is 17.5 Å². The Kier molecular flexibility index (Phi) is 6.35. The van der Waals surface area contributed by atoms with Crippen LogP contribution >= 0.6 is 0 Å². The fourth-order valence-electron chi connectivity index (χ4n) is 3.54. The molecule has 33 heavy (non-hydrogen) atoms. The first kappa shape index (κ1) is 22.4. The van der Waals surface area contributed by atoms with Crippen LogP contribution < -0.4 is 10.6 Å². The molecule has 0 spiro atoms. The van der Waals surface area contributed by atoms with Crippen LogP contribution in [0, 0.1) is 19.7 Å². The lowest BCUT2D eigenvalue weighted by Crippen LogP contribution is -2.29. The van der Waals surface area contributed by atoms with Gasteiger partial charge in [0.15, 0.2) is 5.65 Å². The molecule has 2 aromatic heterocycles. The van der Waals surface area contributed by atoms with E-state index in [1.165, 1.54) is 23.8 Å². The molecule has 0 unspecified atom stereocenters. The minimum atomic E-state index is -0.438. The van der Waals surface area contributed by atoms with Crippen molar-refractivity contribution in [2.45, 2.75) is 33.6 Å². The van der Waals surface area contributed by atoms with Gasteiger partial charge in [0.05, 0.1) is 16.8 Å². The predicted octanol–water partition coefficient (Wildman–Crippen LogP) is 4.54. The lowest BCUT2D eigenvalue weighted by atomic mass is 10.2. The Bertz CT molecular complexity index is 1300. The van der Waals surface area contributed by atoms with Gasteiger partial charge in [-0.3, -0.25) is 4.79 Å². The van der Waals surface area contributed by atoms with Crippen molar-refractivity contribution in [3.8, 4) is 5.69 Å². The van der Waals surface area contributed by atoms with Gasteiger partial charge in [-0.05, 0) is 44.2 Å². The van der Waals surface area contributed by atoms with E-state index in [9.17, 15) is 9.18 Å². The van der Waals surface area contributed by atoms with E-state index in [0.29, 0.717) is 24.7 Å². The number of carbonyl (C=O) groups excluding carboxylic acids is 1. The van der Waals surface area contributed by atoms with Gasteiger partial charge in [-0.2, -0.15) is 5.10 Å². The van der Waals surface area contributed by atoms with Gasteiger partial charge < -0.3 is 10.6 Å². The minimum absolute atomic E-state index is 0.129. The first-order valence-electron chi connectivity index (χ1n) is 11.0. The normalized spacial score (nSPS) is 11.2. The zero-order valence-electron chi connectivity index (χ0n) is 19.2. The topological polar surface area (TPSA) is 84.7 Å². The van der Waals surface area contributed by atoms with Gasteiger partial charge in [0, 0.05) is 24.6 Å². The van der Waals surface area contributed by atoms with Crippen molar-refractivity contribution < 1.29 is 9.18 Å². The van der Waals surface area contributed by atoms with Crippen molar-refractivity contribution >= 4 is 22.8 Å². The highest BCUT2D eigenvalue weighted by Crippen LogP contribution is 2.28. The Labute approximate surface area is 192 Å². The fraction of sp³-hybridized carbons (Fsp3) is 0.280. The molecule has 0 aliphatic heterocycles. The SMILES string of the molecule is Cc1ccc(-n2nc(C)c3c(NCCNC(=O)c4cccc(F)c4)nc(C(C)C)nc32)cc1. The second-order valence-electron chi connectivity index (χ2n) is 8.31. The molecule has 2 aromatic carbocycles. The van der Waals surface area contributed by atoms with E-state index in [4.69, 9.17) is 15.1 Å². The standard InChI is InChI=1S/C25H27FN6O/c1-15(2)22-29-23(27-12-13-28-25(33)18-6-5-7-19(26)14-18)21-17(4)31-32(24(21)30-22)20-10-8-16(3)9-11-20/h5-11,14-15H,12-13H2,1-4H3,(H,28,33)(H,27,29,30). The van der Waals surface area contributed by atoms with Gasteiger partial charge in [0.2, 0.25) is 0 Å². The van der Waals surface area contributed by atoms with Gasteiger partial charge >= 0.3 is 0 Å².